The van der Waals surface area contributed by atoms with Gasteiger partial charge in [0.1, 0.15) is 0 Å². The number of carbonyl (C=O) groups is 1. The number of aliphatic imine (C=N–C) groups is 1. The molecule has 2 aliphatic heterocycles. The van der Waals surface area contributed by atoms with E-state index in [9.17, 15) is 4.79 Å². The van der Waals surface area contributed by atoms with Gasteiger partial charge in [0.25, 0.3) is 0 Å². The number of likely N-dealkylation sites (tertiary alicyclic amines) is 1. The van der Waals surface area contributed by atoms with Crippen LogP contribution in [0.2, 0.25) is 0 Å². The van der Waals surface area contributed by atoms with Crippen LogP contribution >= 0.6 is 35.7 Å². The molecule has 0 saturated carbocycles. The molecule has 2 heterocycles. The zero-order chi connectivity index (χ0) is 17.2. The first-order chi connectivity index (χ1) is 11.8. The summed E-state index contributed by atoms with van der Waals surface area (Å²) in [6.07, 6.45) is 6.40. The van der Waals surface area contributed by atoms with Gasteiger partial charge >= 0.3 is 0 Å². The summed E-state index contributed by atoms with van der Waals surface area (Å²) in [7, 11) is 1.84. The Morgan fingerprint density at radius 3 is 2.44 bits per heavy atom. The molecule has 8 heteroatoms. The lowest BCUT2D eigenvalue weighted by Crippen LogP contribution is -2.50. The number of amides is 1. The van der Waals surface area contributed by atoms with Crippen molar-refractivity contribution in [3.05, 3.63) is 0 Å². The molecule has 2 saturated heterocycles. The Labute approximate surface area is 173 Å². The fourth-order valence-electron chi connectivity index (χ4n) is 3.28. The van der Waals surface area contributed by atoms with Crippen molar-refractivity contribution < 1.29 is 9.53 Å². The van der Waals surface area contributed by atoms with Gasteiger partial charge in [-0.1, -0.05) is 0 Å². The molecule has 0 aromatic heterocycles. The molecule has 6 nitrogen and oxygen atoms in total. The molecule has 0 radical (unpaired) electrons. The van der Waals surface area contributed by atoms with Gasteiger partial charge in [-0.15, -0.1) is 24.0 Å². The molecule has 146 valence electrons. The van der Waals surface area contributed by atoms with E-state index in [2.05, 4.69) is 21.5 Å². The molecule has 0 atom stereocenters. The van der Waals surface area contributed by atoms with E-state index in [0.29, 0.717) is 19.1 Å². The molecule has 2 aliphatic rings. The highest BCUT2D eigenvalue weighted by atomic mass is 127. The number of guanidine groups is 1. The number of halogens is 1. The van der Waals surface area contributed by atoms with Crippen LogP contribution in [-0.2, 0) is 9.53 Å². The maximum absolute atomic E-state index is 12.6. The van der Waals surface area contributed by atoms with E-state index < -0.39 is 0 Å². The van der Waals surface area contributed by atoms with Gasteiger partial charge in [-0.3, -0.25) is 9.79 Å². The van der Waals surface area contributed by atoms with Crippen molar-refractivity contribution in [1.82, 2.24) is 15.1 Å². The molecule has 2 rings (SSSR count). The van der Waals surface area contributed by atoms with Crippen LogP contribution in [0.15, 0.2) is 4.99 Å². The number of hydrogen-bond donors (Lipinski definition) is 1. The molecule has 1 amide bonds. The van der Waals surface area contributed by atoms with Gasteiger partial charge in [-0.2, -0.15) is 11.8 Å². The summed E-state index contributed by atoms with van der Waals surface area (Å²) in [4.78, 5) is 21.2. The van der Waals surface area contributed by atoms with Gasteiger partial charge in [0.2, 0.25) is 5.91 Å². The van der Waals surface area contributed by atoms with Gasteiger partial charge in [0, 0.05) is 45.7 Å². The van der Waals surface area contributed by atoms with Crippen LogP contribution in [-0.4, -0.2) is 86.7 Å². The predicted octanol–water partition coefficient (Wildman–Crippen LogP) is 1.89. The van der Waals surface area contributed by atoms with Crippen LogP contribution in [0.3, 0.4) is 0 Å². The lowest BCUT2D eigenvalue weighted by atomic mass is 9.95. The van der Waals surface area contributed by atoms with Gasteiger partial charge < -0.3 is 19.9 Å². The molecular weight excluding hydrogens is 451 g/mol. The zero-order valence-electron chi connectivity index (χ0n) is 15.5. The lowest BCUT2D eigenvalue weighted by Gasteiger charge is -2.36. The minimum absolute atomic E-state index is 0. The second kappa shape index (κ2) is 13.0. The Kier molecular flexibility index (Phi) is 11.9. The van der Waals surface area contributed by atoms with Crippen LogP contribution in [0.5, 0.6) is 0 Å². The summed E-state index contributed by atoms with van der Waals surface area (Å²) < 4.78 is 5.33. The Bertz CT molecular complexity index is 411. The smallest absolute Gasteiger partial charge is 0.225 e. The second-order valence-corrected chi connectivity index (χ2v) is 7.36. The molecule has 2 fully saturated rings. The molecule has 0 bridgehead atoms. The summed E-state index contributed by atoms with van der Waals surface area (Å²) in [6, 6.07) is 0. The van der Waals surface area contributed by atoms with Gasteiger partial charge in [-0.05, 0) is 37.7 Å². The molecule has 0 unspecified atom stereocenters. The zero-order valence-corrected chi connectivity index (χ0v) is 18.7. The minimum atomic E-state index is 0. The maximum Gasteiger partial charge on any atom is 0.225 e. The number of nitrogens with zero attached hydrogens (tertiary/aromatic N) is 3. The van der Waals surface area contributed by atoms with Crippen molar-refractivity contribution in [2.24, 2.45) is 10.9 Å². The number of unbranched alkanes of at least 4 members (excludes halogenated alkanes) is 1. The van der Waals surface area contributed by atoms with Crippen molar-refractivity contribution >= 4 is 47.6 Å². The Morgan fingerprint density at radius 1 is 1.16 bits per heavy atom. The first-order valence-electron chi connectivity index (χ1n) is 9.07. The summed E-state index contributed by atoms with van der Waals surface area (Å²) in [5.74, 6) is 2.68. The van der Waals surface area contributed by atoms with Crippen LogP contribution in [0.4, 0.5) is 0 Å². The molecule has 0 aromatic rings. The molecule has 25 heavy (non-hydrogen) atoms. The predicted molar refractivity (Wildman–Crippen MR) is 116 cm³/mol. The third-order valence-electron chi connectivity index (χ3n) is 4.74. The van der Waals surface area contributed by atoms with Crippen molar-refractivity contribution in [1.29, 1.82) is 0 Å². The number of piperidine rings is 1. The highest BCUT2D eigenvalue weighted by Crippen LogP contribution is 2.20. The molecule has 1 N–H and O–H groups in total. The largest absolute Gasteiger partial charge is 0.378 e. The summed E-state index contributed by atoms with van der Waals surface area (Å²) in [6.45, 7) is 5.64. The third kappa shape index (κ3) is 7.50. The Balaban J connectivity index is 0.00000312. The third-order valence-corrected chi connectivity index (χ3v) is 5.43. The van der Waals surface area contributed by atoms with E-state index in [1.165, 1.54) is 18.6 Å². The quantitative estimate of drug-likeness (QED) is 0.270. The summed E-state index contributed by atoms with van der Waals surface area (Å²) in [5.41, 5.74) is 0. The monoisotopic (exact) mass is 484 g/mol. The normalized spacial score (nSPS) is 19.5. The van der Waals surface area contributed by atoms with Crippen molar-refractivity contribution in [3.63, 3.8) is 0 Å². The summed E-state index contributed by atoms with van der Waals surface area (Å²) in [5, 5.41) is 3.46. The fourth-order valence-corrected chi connectivity index (χ4v) is 3.78. The highest BCUT2D eigenvalue weighted by Gasteiger charge is 2.30. The highest BCUT2D eigenvalue weighted by molar-refractivity contribution is 14.0. The number of ether oxygens (including phenoxy) is 1. The van der Waals surface area contributed by atoms with Crippen LogP contribution in [0, 0.1) is 5.92 Å². The molecule has 0 aromatic carbocycles. The number of carbonyl (C=O) groups excluding carboxylic acids is 1. The van der Waals surface area contributed by atoms with Crippen molar-refractivity contribution in [2.45, 2.75) is 25.7 Å². The minimum Gasteiger partial charge on any atom is -0.378 e. The van der Waals surface area contributed by atoms with E-state index in [0.717, 1.165) is 51.5 Å². The van der Waals surface area contributed by atoms with Gasteiger partial charge in [0.05, 0.1) is 13.2 Å². The first kappa shape index (κ1) is 22.8. The number of nitrogens with one attached hydrogen (secondary N) is 1. The Morgan fingerprint density at radius 2 is 1.84 bits per heavy atom. The first-order valence-corrected chi connectivity index (χ1v) is 10.5. The summed E-state index contributed by atoms with van der Waals surface area (Å²) >= 11 is 1.90. The number of rotatable bonds is 6. The standard InChI is InChI=1S/C17H32N4O2S.HI/c1-18-17(19-7-3-4-14-24-2)21-8-5-15(6-9-21)16(22)20-10-12-23-13-11-20;/h15H,3-14H2,1-2H3,(H,18,19);1H. The van der Waals surface area contributed by atoms with Gasteiger partial charge in [0.15, 0.2) is 5.96 Å². The van der Waals surface area contributed by atoms with Crippen molar-refractivity contribution in [3.8, 4) is 0 Å². The van der Waals surface area contributed by atoms with Gasteiger partial charge in [-0.25, -0.2) is 0 Å². The fraction of sp³-hybridized carbons (Fsp3) is 0.882. The van der Waals surface area contributed by atoms with E-state index in [4.69, 9.17) is 4.74 Å². The maximum atomic E-state index is 12.6. The number of hydrogen-bond acceptors (Lipinski definition) is 4. The number of morpholine rings is 1. The number of thioether (sulfide) groups is 1. The van der Waals surface area contributed by atoms with Crippen LogP contribution < -0.4 is 5.32 Å². The Hall–Kier alpha value is -0.220. The van der Waals surface area contributed by atoms with E-state index in [-0.39, 0.29) is 29.9 Å². The lowest BCUT2D eigenvalue weighted by molar-refractivity contribution is -0.140. The molecule has 0 spiro atoms. The SMILES string of the molecule is CN=C(NCCCCSC)N1CCC(C(=O)N2CCOCC2)CC1.I. The topological polar surface area (TPSA) is 57.2 Å². The van der Waals surface area contributed by atoms with E-state index in [1.54, 1.807) is 0 Å². The van der Waals surface area contributed by atoms with E-state index >= 15 is 0 Å². The molecular formula is C17H33IN4O2S. The van der Waals surface area contributed by atoms with Crippen LogP contribution in [0.25, 0.3) is 0 Å². The van der Waals surface area contributed by atoms with Crippen molar-refractivity contribution in [2.75, 3.05) is 65.0 Å². The van der Waals surface area contributed by atoms with Crippen LogP contribution in [0.1, 0.15) is 25.7 Å². The average molecular weight is 484 g/mol. The van der Waals surface area contributed by atoms with E-state index in [1.807, 2.05) is 23.7 Å². The average Bonchev–Trinajstić information content (AvgIpc) is 2.65. The molecule has 0 aliphatic carbocycles. The second-order valence-electron chi connectivity index (χ2n) is 6.37.